The van der Waals surface area contributed by atoms with Crippen LogP contribution in [0.5, 0.6) is 0 Å². The van der Waals surface area contributed by atoms with Crippen LogP contribution in [-0.4, -0.2) is 16.7 Å². The highest BCUT2D eigenvalue weighted by molar-refractivity contribution is 7.15. The van der Waals surface area contributed by atoms with Crippen LogP contribution >= 0.6 is 22.9 Å². The highest BCUT2D eigenvalue weighted by Gasteiger charge is 2.32. The molecule has 0 aliphatic carbocycles. The Morgan fingerprint density at radius 2 is 2.36 bits per heavy atom. The second-order valence-electron chi connectivity index (χ2n) is 1.84. The summed E-state index contributed by atoms with van der Waals surface area (Å²) in [6.45, 7) is -1.22. The third-order valence-corrected chi connectivity index (χ3v) is 2.26. The number of halogens is 3. The van der Waals surface area contributed by atoms with E-state index in [-0.39, 0.29) is 9.34 Å². The monoisotopic (exact) mass is 199 g/mol. The van der Waals surface area contributed by atoms with Gasteiger partial charge in [0.05, 0.1) is 4.88 Å². The minimum atomic E-state index is -3.22. The number of alkyl halides is 2. The molecule has 0 fully saturated rings. The van der Waals surface area contributed by atoms with E-state index in [1.807, 2.05) is 0 Å². The first-order valence-corrected chi connectivity index (χ1v) is 3.86. The molecule has 0 unspecified atom stereocenters. The zero-order valence-corrected chi connectivity index (χ0v) is 6.79. The zero-order valence-electron chi connectivity index (χ0n) is 5.22. The molecule has 0 spiro atoms. The van der Waals surface area contributed by atoms with Gasteiger partial charge in [0.1, 0.15) is 6.61 Å². The number of hydrogen-bond donors (Lipinski definition) is 1. The fourth-order valence-electron chi connectivity index (χ4n) is 0.500. The van der Waals surface area contributed by atoms with Crippen molar-refractivity contribution in [2.24, 2.45) is 0 Å². The predicted molar refractivity (Wildman–Crippen MR) is 38.1 cm³/mol. The molecular formula is C5H4ClF2NOS. The van der Waals surface area contributed by atoms with Crippen molar-refractivity contribution in [1.82, 2.24) is 4.98 Å². The topological polar surface area (TPSA) is 33.1 Å². The fraction of sp³-hybridized carbons (Fsp3) is 0.400. The van der Waals surface area contributed by atoms with E-state index < -0.39 is 12.5 Å². The van der Waals surface area contributed by atoms with Crippen LogP contribution < -0.4 is 0 Å². The molecule has 1 rings (SSSR count). The van der Waals surface area contributed by atoms with Gasteiger partial charge in [-0.1, -0.05) is 11.6 Å². The molecule has 0 aliphatic heterocycles. The van der Waals surface area contributed by atoms with E-state index >= 15 is 0 Å². The van der Waals surface area contributed by atoms with Gasteiger partial charge in [-0.05, 0) is 0 Å². The van der Waals surface area contributed by atoms with E-state index in [1.54, 1.807) is 0 Å². The van der Waals surface area contributed by atoms with Crippen LogP contribution in [0.1, 0.15) is 4.88 Å². The molecule has 6 heteroatoms. The SMILES string of the molecule is OCC(F)(F)c1cnc(Cl)s1. The Bertz CT molecular complexity index is 252. The van der Waals surface area contributed by atoms with Crippen molar-refractivity contribution in [3.05, 3.63) is 15.5 Å². The van der Waals surface area contributed by atoms with Gasteiger partial charge in [0.2, 0.25) is 0 Å². The molecule has 0 saturated carbocycles. The molecule has 0 bridgehead atoms. The van der Waals surface area contributed by atoms with Crippen molar-refractivity contribution < 1.29 is 13.9 Å². The number of aromatic nitrogens is 1. The zero-order chi connectivity index (χ0) is 8.48. The maximum absolute atomic E-state index is 12.6. The van der Waals surface area contributed by atoms with Crippen LogP contribution in [-0.2, 0) is 5.92 Å². The lowest BCUT2D eigenvalue weighted by Crippen LogP contribution is -2.16. The van der Waals surface area contributed by atoms with Crippen molar-refractivity contribution in [2.45, 2.75) is 5.92 Å². The summed E-state index contributed by atoms with van der Waals surface area (Å²) >= 11 is 5.98. The number of rotatable bonds is 2. The molecule has 1 N–H and O–H groups in total. The van der Waals surface area contributed by atoms with E-state index in [1.165, 1.54) is 0 Å². The van der Waals surface area contributed by atoms with E-state index in [0.717, 1.165) is 6.20 Å². The van der Waals surface area contributed by atoms with Gasteiger partial charge in [-0.25, -0.2) is 4.98 Å². The first-order chi connectivity index (χ1) is 5.06. The summed E-state index contributed by atoms with van der Waals surface area (Å²) < 4.78 is 25.2. The summed E-state index contributed by atoms with van der Waals surface area (Å²) in [7, 11) is 0. The Kier molecular flexibility index (Phi) is 2.41. The van der Waals surface area contributed by atoms with Gasteiger partial charge in [-0.3, -0.25) is 0 Å². The highest BCUT2D eigenvalue weighted by atomic mass is 35.5. The van der Waals surface area contributed by atoms with Crippen LogP contribution in [0.2, 0.25) is 4.47 Å². The molecule has 0 aromatic carbocycles. The van der Waals surface area contributed by atoms with Gasteiger partial charge in [-0.15, -0.1) is 11.3 Å². The third kappa shape index (κ3) is 1.85. The van der Waals surface area contributed by atoms with Crippen molar-refractivity contribution in [3.63, 3.8) is 0 Å². The largest absolute Gasteiger partial charge is 0.390 e. The normalized spacial score (nSPS) is 12.0. The minimum Gasteiger partial charge on any atom is -0.390 e. The van der Waals surface area contributed by atoms with Crippen LogP contribution in [0.25, 0.3) is 0 Å². The van der Waals surface area contributed by atoms with Crippen LogP contribution in [0.4, 0.5) is 8.78 Å². The lowest BCUT2D eigenvalue weighted by Gasteiger charge is -2.08. The van der Waals surface area contributed by atoms with E-state index in [2.05, 4.69) is 4.98 Å². The summed E-state index contributed by atoms with van der Waals surface area (Å²) in [5.74, 6) is -3.22. The molecule has 0 amide bonds. The molecule has 1 aromatic heterocycles. The number of thiazole rings is 1. The number of aliphatic hydroxyl groups excluding tert-OH is 1. The van der Waals surface area contributed by atoms with Crippen molar-refractivity contribution in [1.29, 1.82) is 0 Å². The van der Waals surface area contributed by atoms with Crippen LogP contribution in [0.3, 0.4) is 0 Å². The van der Waals surface area contributed by atoms with E-state index in [9.17, 15) is 8.78 Å². The predicted octanol–water partition coefficient (Wildman–Crippen LogP) is 1.88. The van der Waals surface area contributed by atoms with E-state index in [4.69, 9.17) is 16.7 Å². The van der Waals surface area contributed by atoms with Gasteiger partial charge in [0.25, 0.3) is 0 Å². The second kappa shape index (κ2) is 3.00. The number of aliphatic hydroxyl groups is 1. The summed E-state index contributed by atoms with van der Waals surface area (Å²) in [6, 6.07) is 0. The molecule has 62 valence electrons. The summed E-state index contributed by atoms with van der Waals surface area (Å²) in [6.07, 6.45) is 0.962. The number of hydrogen-bond acceptors (Lipinski definition) is 3. The van der Waals surface area contributed by atoms with Gasteiger partial charge >= 0.3 is 5.92 Å². The molecule has 0 aliphatic rings. The molecule has 0 saturated heterocycles. The summed E-state index contributed by atoms with van der Waals surface area (Å²) in [5.41, 5.74) is 0. The Balaban J connectivity index is 2.92. The lowest BCUT2D eigenvalue weighted by molar-refractivity contribution is -0.0525. The molecule has 1 heterocycles. The summed E-state index contributed by atoms with van der Waals surface area (Å²) in [4.78, 5) is 3.11. The molecule has 11 heavy (non-hydrogen) atoms. The maximum atomic E-state index is 12.6. The maximum Gasteiger partial charge on any atom is 0.306 e. The van der Waals surface area contributed by atoms with E-state index in [0.29, 0.717) is 11.3 Å². The first kappa shape index (κ1) is 8.83. The molecular weight excluding hydrogens is 196 g/mol. The van der Waals surface area contributed by atoms with Gasteiger partial charge < -0.3 is 5.11 Å². The van der Waals surface area contributed by atoms with Gasteiger partial charge in [0.15, 0.2) is 4.47 Å². The quantitative estimate of drug-likeness (QED) is 0.789. The van der Waals surface area contributed by atoms with Crippen molar-refractivity contribution in [3.8, 4) is 0 Å². The lowest BCUT2D eigenvalue weighted by atomic mass is 10.3. The van der Waals surface area contributed by atoms with Crippen molar-refractivity contribution >= 4 is 22.9 Å². The minimum absolute atomic E-state index is 0.0492. The average Bonchev–Trinajstić information content (AvgIpc) is 2.36. The molecule has 2 nitrogen and oxygen atoms in total. The standard InChI is InChI=1S/C5H4ClF2NOS/c6-4-9-1-3(11-4)5(7,8)2-10/h1,10H,2H2. The Morgan fingerprint density at radius 3 is 2.73 bits per heavy atom. The summed E-state index contributed by atoms with van der Waals surface area (Å²) in [5, 5.41) is 8.24. The van der Waals surface area contributed by atoms with Crippen LogP contribution in [0.15, 0.2) is 6.20 Å². The smallest absolute Gasteiger partial charge is 0.306 e. The third-order valence-electron chi connectivity index (χ3n) is 1.04. The Labute approximate surface area is 70.4 Å². The molecule has 1 aromatic rings. The Morgan fingerprint density at radius 1 is 1.73 bits per heavy atom. The van der Waals surface area contributed by atoms with Crippen LogP contribution in [0, 0.1) is 0 Å². The second-order valence-corrected chi connectivity index (χ2v) is 3.45. The fourth-order valence-corrected chi connectivity index (χ4v) is 1.40. The van der Waals surface area contributed by atoms with Crippen molar-refractivity contribution in [2.75, 3.05) is 6.61 Å². The molecule has 0 atom stereocenters. The van der Waals surface area contributed by atoms with Gasteiger partial charge in [0, 0.05) is 6.20 Å². The highest BCUT2D eigenvalue weighted by Crippen LogP contribution is 2.32. The average molecular weight is 200 g/mol. The first-order valence-electron chi connectivity index (χ1n) is 2.67. The molecule has 0 radical (unpaired) electrons. The number of nitrogens with zero attached hydrogens (tertiary/aromatic N) is 1. The Hall–Kier alpha value is -0.260. The van der Waals surface area contributed by atoms with Gasteiger partial charge in [-0.2, -0.15) is 8.78 Å².